The zero-order chi connectivity index (χ0) is 11.1. The summed E-state index contributed by atoms with van der Waals surface area (Å²) in [5.41, 5.74) is 0.808. The van der Waals surface area contributed by atoms with Crippen LogP contribution in [0.15, 0.2) is 29.2 Å². The molecule has 2 aliphatic heterocycles. The largest absolute Gasteiger partial charge is 0.333 e. The number of amides is 1. The maximum Gasteiger partial charge on any atom is 0.255 e. The molecule has 2 heterocycles. The highest BCUT2D eigenvalue weighted by Gasteiger charge is 2.38. The van der Waals surface area contributed by atoms with E-state index in [2.05, 4.69) is 0 Å². The molecule has 84 valence electrons. The Balaban J connectivity index is 2.08. The van der Waals surface area contributed by atoms with Gasteiger partial charge in [0.05, 0.1) is 11.6 Å². The van der Waals surface area contributed by atoms with Crippen molar-refractivity contribution in [3.8, 4) is 0 Å². The van der Waals surface area contributed by atoms with Gasteiger partial charge in [0, 0.05) is 11.4 Å². The van der Waals surface area contributed by atoms with Crippen LogP contribution in [0.25, 0.3) is 0 Å². The minimum atomic E-state index is -0.0184. The van der Waals surface area contributed by atoms with Gasteiger partial charge in [0.15, 0.2) is 0 Å². The molecule has 0 radical (unpaired) electrons. The van der Waals surface area contributed by atoms with E-state index in [4.69, 9.17) is 11.6 Å². The fourth-order valence-corrected chi connectivity index (χ4v) is 4.09. The van der Waals surface area contributed by atoms with Gasteiger partial charge in [0.25, 0.3) is 5.91 Å². The Morgan fingerprint density at radius 1 is 1.38 bits per heavy atom. The minimum Gasteiger partial charge on any atom is -0.333 e. The molecule has 16 heavy (non-hydrogen) atoms. The first-order valence-corrected chi connectivity index (χ1v) is 6.80. The topological polar surface area (TPSA) is 20.3 Å². The van der Waals surface area contributed by atoms with E-state index >= 15 is 0 Å². The van der Waals surface area contributed by atoms with Crippen molar-refractivity contribution in [3.05, 3.63) is 29.8 Å². The molecular weight excluding hydrogens is 242 g/mol. The maximum absolute atomic E-state index is 12.3. The molecule has 0 bridgehead atoms. The lowest BCUT2D eigenvalue weighted by atomic mass is 10.2. The van der Waals surface area contributed by atoms with E-state index in [1.807, 2.05) is 29.2 Å². The predicted octanol–water partition coefficient (Wildman–Crippen LogP) is 2.96. The third kappa shape index (κ3) is 1.54. The molecule has 0 N–H and O–H groups in total. The van der Waals surface area contributed by atoms with Crippen molar-refractivity contribution in [3.63, 3.8) is 0 Å². The molecule has 2 aliphatic rings. The molecule has 1 fully saturated rings. The number of hydrogen-bond donors (Lipinski definition) is 0. The normalized spacial score (nSPS) is 28.6. The maximum atomic E-state index is 12.3. The predicted molar refractivity (Wildman–Crippen MR) is 66.0 cm³/mol. The highest BCUT2D eigenvalue weighted by atomic mass is 35.5. The standard InChI is InChI=1S/C12H12ClNOS/c13-11-9-5-3-7-14(9)12(15)8-4-1-2-6-10(8)16-11/h1-2,4,6,9,11H,3,5,7H2. The van der Waals surface area contributed by atoms with Gasteiger partial charge in [-0.25, -0.2) is 0 Å². The van der Waals surface area contributed by atoms with Crippen molar-refractivity contribution >= 4 is 29.3 Å². The van der Waals surface area contributed by atoms with Gasteiger partial charge in [-0.1, -0.05) is 12.1 Å². The molecule has 1 amide bonds. The second-order valence-electron chi connectivity index (χ2n) is 4.17. The number of fused-ring (bicyclic) bond motifs is 2. The van der Waals surface area contributed by atoms with Crippen molar-refractivity contribution in [2.24, 2.45) is 0 Å². The molecule has 2 nitrogen and oxygen atoms in total. The lowest BCUT2D eigenvalue weighted by Gasteiger charge is -2.24. The third-order valence-electron chi connectivity index (χ3n) is 3.22. The first kappa shape index (κ1) is 10.5. The molecule has 0 saturated carbocycles. The van der Waals surface area contributed by atoms with Crippen LogP contribution in [0.2, 0.25) is 0 Å². The third-order valence-corrected chi connectivity index (χ3v) is 4.93. The van der Waals surface area contributed by atoms with Crippen LogP contribution in [0.5, 0.6) is 0 Å². The molecular formula is C12H12ClNOS. The van der Waals surface area contributed by atoms with Crippen LogP contribution in [-0.4, -0.2) is 28.1 Å². The average Bonchev–Trinajstić information content (AvgIpc) is 2.74. The van der Waals surface area contributed by atoms with Crippen LogP contribution in [0.3, 0.4) is 0 Å². The quantitative estimate of drug-likeness (QED) is 0.663. The number of rotatable bonds is 0. The van der Waals surface area contributed by atoms with Gasteiger partial charge in [-0.15, -0.1) is 23.4 Å². The number of halogens is 1. The van der Waals surface area contributed by atoms with Crippen LogP contribution in [-0.2, 0) is 0 Å². The Morgan fingerprint density at radius 3 is 3.06 bits per heavy atom. The minimum absolute atomic E-state index is 0.0184. The van der Waals surface area contributed by atoms with Gasteiger partial charge in [-0.05, 0) is 25.0 Å². The SMILES string of the molecule is O=C1c2ccccc2SC(Cl)C2CCCN12. The number of carbonyl (C=O) groups is 1. The summed E-state index contributed by atoms with van der Waals surface area (Å²) in [6.45, 7) is 0.849. The van der Waals surface area contributed by atoms with Crippen molar-refractivity contribution in [2.75, 3.05) is 6.54 Å². The van der Waals surface area contributed by atoms with Crippen LogP contribution in [0.4, 0.5) is 0 Å². The van der Waals surface area contributed by atoms with Crippen molar-refractivity contribution < 1.29 is 4.79 Å². The highest BCUT2D eigenvalue weighted by molar-refractivity contribution is 8.01. The number of nitrogens with zero attached hydrogens (tertiary/aromatic N) is 1. The Morgan fingerprint density at radius 2 is 2.19 bits per heavy atom. The molecule has 3 rings (SSSR count). The molecule has 1 aromatic carbocycles. The van der Waals surface area contributed by atoms with E-state index in [0.717, 1.165) is 29.8 Å². The Hall–Kier alpha value is -0.670. The highest BCUT2D eigenvalue weighted by Crippen LogP contribution is 2.40. The summed E-state index contributed by atoms with van der Waals surface area (Å²) < 4.78 is -0.0184. The van der Waals surface area contributed by atoms with Crippen LogP contribution in [0, 0.1) is 0 Å². The summed E-state index contributed by atoms with van der Waals surface area (Å²) in [6.07, 6.45) is 2.10. The average molecular weight is 254 g/mol. The van der Waals surface area contributed by atoms with E-state index in [9.17, 15) is 4.79 Å². The second kappa shape index (κ2) is 3.97. The Bertz CT molecular complexity index is 437. The zero-order valence-electron chi connectivity index (χ0n) is 8.73. The first-order valence-electron chi connectivity index (χ1n) is 5.48. The molecule has 0 aromatic heterocycles. The van der Waals surface area contributed by atoms with Gasteiger partial charge in [0.2, 0.25) is 0 Å². The molecule has 0 spiro atoms. The van der Waals surface area contributed by atoms with Gasteiger partial charge in [-0.2, -0.15) is 0 Å². The van der Waals surface area contributed by atoms with E-state index in [1.54, 1.807) is 11.8 Å². The van der Waals surface area contributed by atoms with E-state index in [0.29, 0.717) is 0 Å². The summed E-state index contributed by atoms with van der Waals surface area (Å²) in [5, 5.41) is 0. The van der Waals surface area contributed by atoms with Gasteiger partial charge >= 0.3 is 0 Å². The molecule has 1 aromatic rings. The smallest absolute Gasteiger partial charge is 0.255 e. The number of thioether (sulfide) groups is 1. The second-order valence-corrected chi connectivity index (χ2v) is 6.09. The molecule has 2 atom stereocenters. The number of hydrogen-bond acceptors (Lipinski definition) is 2. The van der Waals surface area contributed by atoms with E-state index < -0.39 is 0 Å². The zero-order valence-corrected chi connectivity index (χ0v) is 10.3. The fourth-order valence-electron chi connectivity index (χ4n) is 2.42. The summed E-state index contributed by atoms with van der Waals surface area (Å²) in [4.78, 5) is 15.3. The molecule has 4 heteroatoms. The van der Waals surface area contributed by atoms with Crippen molar-refractivity contribution in [2.45, 2.75) is 28.5 Å². The first-order chi connectivity index (χ1) is 7.77. The van der Waals surface area contributed by atoms with E-state index in [-0.39, 0.29) is 16.7 Å². The van der Waals surface area contributed by atoms with Crippen molar-refractivity contribution in [1.29, 1.82) is 0 Å². The van der Waals surface area contributed by atoms with Crippen LogP contribution >= 0.6 is 23.4 Å². The molecule has 0 aliphatic carbocycles. The van der Waals surface area contributed by atoms with E-state index in [1.165, 1.54) is 0 Å². The lowest BCUT2D eigenvalue weighted by molar-refractivity contribution is 0.0745. The molecule has 2 unspecified atom stereocenters. The monoisotopic (exact) mass is 253 g/mol. The lowest BCUT2D eigenvalue weighted by Crippen LogP contribution is -2.38. The van der Waals surface area contributed by atoms with Crippen LogP contribution < -0.4 is 0 Å². The Kier molecular flexibility index (Phi) is 2.60. The summed E-state index contributed by atoms with van der Waals surface area (Å²) in [6, 6.07) is 7.95. The number of alkyl halides is 1. The fraction of sp³-hybridized carbons (Fsp3) is 0.417. The Labute approximate surface area is 104 Å². The molecule has 1 saturated heterocycles. The van der Waals surface area contributed by atoms with Gasteiger partial charge in [-0.3, -0.25) is 4.79 Å². The van der Waals surface area contributed by atoms with Crippen LogP contribution in [0.1, 0.15) is 23.2 Å². The summed E-state index contributed by atoms with van der Waals surface area (Å²) >= 11 is 8.00. The summed E-state index contributed by atoms with van der Waals surface area (Å²) in [7, 11) is 0. The number of carbonyl (C=O) groups excluding carboxylic acids is 1. The number of benzene rings is 1. The van der Waals surface area contributed by atoms with Crippen molar-refractivity contribution in [1.82, 2.24) is 4.90 Å². The van der Waals surface area contributed by atoms with Gasteiger partial charge < -0.3 is 4.90 Å². The summed E-state index contributed by atoms with van der Waals surface area (Å²) in [5.74, 6) is 0.147. The van der Waals surface area contributed by atoms with Gasteiger partial charge in [0.1, 0.15) is 4.71 Å².